The predicted octanol–water partition coefficient (Wildman–Crippen LogP) is 1.07. The molecular formula is C24H28O9. The van der Waals surface area contributed by atoms with Crippen molar-refractivity contribution >= 4 is 11.8 Å². The zero-order chi connectivity index (χ0) is 23.4. The summed E-state index contributed by atoms with van der Waals surface area (Å²) < 4.78 is 11.9. The number of hydrogen-bond acceptors (Lipinski definition) is 9. The SMILES string of the molecule is O=C1C[C@@H](C2CCC(O)C(=O)C2)C2C(=CC(O)C3CC(O)C(c4ccc(O)c(O)c4)OC32)O1. The molecule has 0 radical (unpaired) electrons. The monoisotopic (exact) mass is 460 g/mol. The molecule has 1 aromatic rings. The van der Waals surface area contributed by atoms with Crippen LogP contribution in [0.2, 0.25) is 0 Å². The summed E-state index contributed by atoms with van der Waals surface area (Å²) in [6.45, 7) is 0. The third-order valence-electron chi connectivity index (χ3n) is 7.72. The zero-order valence-corrected chi connectivity index (χ0v) is 17.9. The third kappa shape index (κ3) is 3.93. The van der Waals surface area contributed by atoms with Crippen LogP contribution >= 0.6 is 0 Å². The maximum absolute atomic E-state index is 12.4. The van der Waals surface area contributed by atoms with Crippen molar-refractivity contribution in [3.8, 4) is 11.5 Å². The first kappa shape index (κ1) is 22.3. The zero-order valence-electron chi connectivity index (χ0n) is 17.9. The summed E-state index contributed by atoms with van der Waals surface area (Å²) in [5, 5.41) is 51.0. The lowest BCUT2D eigenvalue weighted by atomic mass is 9.63. The van der Waals surface area contributed by atoms with Crippen molar-refractivity contribution < 1.29 is 44.6 Å². The first-order valence-electron chi connectivity index (χ1n) is 11.4. The average molecular weight is 460 g/mol. The van der Waals surface area contributed by atoms with Gasteiger partial charge in [-0.3, -0.25) is 9.59 Å². The molecule has 3 fully saturated rings. The Morgan fingerprint density at radius 3 is 2.45 bits per heavy atom. The number of aliphatic hydroxyl groups is 3. The largest absolute Gasteiger partial charge is 0.504 e. The Morgan fingerprint density at radius 1 is 0.939 bits per heavy atom. The number of Topliss-reactive ketones (excluding diaryl/α,β-unsaturated/α-hetero) is 1. The van der Waals surface area contributed by atoms with Gasteiger partial charge >= 0.3 is 5.97 Å². The molecule has 5 rings (SSSR count). The standard InChI is InChI=1S/C24H28O9/c25-14-3-1-10(5-17(14)28)12-8-21(31)32-20-9-16(27)13-7-19(30)23(33-24(13)22(12)20)11-2-4-15(26)18(29)6-11/h2,4,6,9-10,12-14,16,19,22-27,29-30H,1,3,5,7-8H2/t10?,12-,13?,14?,16?,19?,22?,23?,24?/m0/s1. The predicted molar refractivity (Wildman–Crippen MR) is 112 cm³/mol. The van der Waals surface area contributed by atoms with Crippen molar-refractivity contribution in [2.45, 2.75) is 62.6 Å². The topological polar surface area (TPSA) is 154 Å². The number of fused-ring (bicyclic) bond motifs is 3. The minimum atomic E-state index is -0.980. The van der Waals surface area contributed by atoms with Crippen LogP contribution in [-0.2, 0) is 19.1 Å². The van der Waals surface area contributed by atoms with Crippen LogP contribution < -0.4 is 0 Å². The van der Waals surface area contributed by atoms with E-state index in [0.717, 1.165) is 0 Å². The first-order chi connectivity index (χ1) is 15.7. The fraction of sp³-hybridized carbons (Fsp3) is 0.583. The molecule has 2 saturated heterocycles. The Hall–Kier alpha value is -2.46. The molecule has 4 aliphatic rings. The summed E-state index contributed by atoms with van der Waals surface area (Å²) in [7, 11) is 0. The van der Waals surface area contributed by atoms with E-state index in [2.05, 4.69) is 0 Å². The number of phenolic OH excluding ortho intramolecular Hbond substituents is 2. The molecule has 0 bridgehead atoms. The number of esters is 1. The van der Waals surface area contributed by atoms with Crippen LogP contribution in [0.25, 0.3) is 0 Å². The summed E-state index contributed by atoms with van der Waals surface area (Å²) in [6.07, 6.45) is -1.39. The second kappa shape index (κ2) is 8.39. The Morgan fingerprint density at radius 2 is 1.73 bits per heavy atom. The van der Waals surface area contributed by atoms with Crippen molar-refractivity contribution in [2.24, 2.45) is 23.7 Å². The molecule has 33 heavy (non-hydrogen) atoms. The average Bonchev–Trinajstić information content (AvgIpc) is 2.77. The Labute approximate surface area is 190 Å². The van der Waals surface area contributed by atoms with Gasteiger partial charge in [-0.2, -0.15) is 0 Å². The summed E-state index contributed by atoms with van der Waals surface area (Å²) in [4.78, 5) is 24.6. The van der Waals surface area contributed by atoms with Gasteiger partial charge in [-0.15, -0.1) is 0 Å². The van der Waals surface area contributed by atoms with Gasteiger partial charge in [0.2, 0.25) is 0 Å². The van der Waals surface area contributed by atoms with Gasteiger partial charge in [-0.1, -0.05) is 6.07 Å². The van der Waals surface area contributed by atoms with E-state index >= 15 is 0 Å². The van der Waals surface area contributed by atoms with Crippen LogP contribution in [0.15, 0.2) is 30.0 Å². The molecule has 2 aliphatic carbocycles. The molecule has 178 valence electrons. The molecule has 0 amide bonds. The van der Waals surface area contributed by atoms with Crippen LogP contribution in [0.5, 0.6) is 11.5 Å². The molecule has 2 heterocycles. The van der Waals surface area contributed by atoms with E-state index in [0.29, 0.717) is 24.2 Å². The quantitative estimate of drug-likeness (QED) is 0.322. The number of ether oxygens (including phenoxy) is 2. The molecular weight excluding hydrogens is 432 g/mol. The van der Waals surface area contributed by atoms with Gasteiger partial charge in [0.05, 0.1) is 18.3 Å². The highest BCUT2D eigenvalue weighted by atomic mass is 16.5. The Bertz CT molecular complexity index is 988. The van der Waals surface area contributed by atoms with E-state index in [9.17, 15) is 35.1 Å². The maximum atomic E-state index is 12.4. The van der Waals surface area contributed by atoms with Crippen molar-refractivity contribution in [2.75, 3.05) is 0 Å². The molecule has 9 atom stereocenters. The highest BCUT2D eigenvalue weighted by molar-refractivity contribution is 5.84. The fourth-order valence-corrected chi connectivity index (χ4v) is 6.07. The Balaban J connectivity index is 1.48. The molecule has 2 aliphatic heterocycles. The van der Waals surface area contributed by atoms with Gasteiger partial charge in [0, 0.05) is 24.7 Å². The minimum absolute atomic E-state index is 0.103. The summed E-state index contributed by atoms with van der Waals surface area (Å²) >= 11 is 0. The molecule has 8 unspecified atom stereocenters. The highest BCUT2D eigenvalue weighted by Crippen LogP contribution is 2.52. The normalized spacial score (nSPS) is 40.9. The van der Waals surface area contributed by atoms with Crippen molar-refractivity contribution in [3.05, 3.63) is 35.6 Å². The van der Waals surface area contributed by atoms with E-state index in [-0.39, 0.29) is 48.4 Å². The summed E-state index contributed by atoms with van der Waals surface area (Å²) in [5.74, 6) is -2.20. The number of aromatic hydroxyl groups is 2. The first-order valence-corrected chi connectivity index (χ1v) is 11.4. The number of rotatable bonds is 2. The number of hydrogen-bond donors (Lipinski definition) is 5. The molecule has 0 aromatic heterocycles. The molecule has 1 aromatic carbocycles. The van der Waals surface area contributed by atoms with E-state index in [4.69, 9.17) is 9.47 Å². The lowest BCUT2D eigenvalue weighted by molar-refractivity contribution is -0.204. The number of carbonyl (C=O) groups excluding carboxylic acids is 2. The lowest BCUT2D eigenvalue weighted by Crippen LogP contribution is -2.55. The van der Waals surface area contributed by atoms with E-state index in [1.807, 2.05) is 0 Å². The molecule has 9 heteroatoms. The lowest BCUT2D eigenvalue weighted by Gasteiger charge is -2.51. The molecule has 1 saturated carbocycles. The van der Waals surface area contributed by atoms with Gasteiger partial charge in [0.25, 0.3) is 0 Å². The van der Waals surface area contributed by atoms with Gasteiger partial charge in [0.15, 0.2) is 17.3 Å². The third-order valence-corrected chi connectivity index (χ3v) is 7.72. The molecule has 0 spiro atoms. The minimum Gasteiger partial charge on any atom is -0.504 e. The smallest absolute Gasteiger partial charge is 0.311 e. The number of ketones is 1. The van der Waals surface area contributed by atoms with Crippen LogP contribution in [0, 0.1) is 23.7 Å². The molecule has 5 N–H and O–H groups in total. The van der Waals surface area contributed by atoms with Gasteiger partial charge in [-0.25, -0.2) is 0 Å². The second-order valence-electron chi connectivity index (χ2n) is 9.69. The van der Waals surface area contributed by atoms with Crippen LogP contribution in [-0.4, -0.2) is 61.7 Å². The van der Waals surface area contributed by atoms with E-state index in [1.165, 1.54) is 18.2 Å². The number of carbonyl (C=O) groups is 2. The van der Waals surface area contributed by atoms with Crippen molar-refractivity contribution in [3.63, 3.8) is 0 Å². The summed E-state index contributed by atoms with van der Waals surface area (Å²) in [6, 6.07) is 4.20. The second-order valence-corrected chi connectivity index (χ2v) is 9.69. The number of aliphatic hydroxyl groups excluding tert-OH is 3. The van der Waals surface area contributed by atoms with E-state index in [1.54, 1.807) is 6.07 Å². The molecule has 9 nitrogen and oxygen atoms in total. The fourth-order valence-electron chi connectivity index (χ4n) is 6.07. The number of phenols is 2. The van der Waals surface area contributed by atoms with Gasteiger partial charge < -0.3 is 35.0 Å². The summed E-state index contributed by atoms with van der Waals surface area (Å²) in [5.41, 5.74) is 0.474. The van der Waals surface area contributed by atoms with Gasteiger partial charge in [0.1, 0.15) is 18.0 Å². The van der Waals surface area contributed by atoms with Crippen LogP contribution in [0.3, 0.4) is 0 Å². The van der Waals surface area contributed by atoms with Crippen LogP contribution in [0.1, 0.15) is 43.8 Å². The van der Waals surface area contributed by atoms with Gasteiger partial charge in [-0.05, 0) is 54.9 Å². The van der Waals surface area contributed by atoms with E-state index < -0.39 is 48.3 Å². The van der Waals surface area contributed by atoms with Crippen molar-refractivity contribution in [1.29, 1.82) is 0 Å². The maximum Gasteiger partial charge on any atom is 0.311 e. The van der Waals surface area contributed by atoms with Crippen molar-refractivity contribution in [1.82, 2.24) is 0 Å². The Kier molecular flexibility index (Phi) is 5.68. The van der Waals surface area contributed by atoms with Crippen LogP contribution in [0.4, 0.5) is 0 Å². The highest BCUT2D eigenvalue weighted by Gasteiger charge is 2.54. The number of benzene rings is 1.